The molecule has 0 bridgehead atoms. The Kier molecular flexibility index (Phi) is 7.71. The van der Waals surface area contributed by atoms with Crippen LogP contribution in [0.3, 0.4) is 0 Å². The Morgan fingerprint density at radius 3 is 2.36 bits per heavy atom. The molecule has 0 spiro atoms. The smallest absolute Gasteiger partial charge is 0.416 e. The van der Waals surface area contributed by atoms with Crippen LogP contribution in [0.25, 0.3) is 0 Å². The Morgan fingerprint density at radius 1 is 1.04 bits per heavy atom. The Labute approximate surface area is 163 Å². The molecule has 2 atom stereocenters. The fourth-order valence-electron chi connectivity index (χ4n) is 2.97. The number of nitrogens with one attached hydrogen (secondary N) is 1. The van der Waals surface area contributed by atoms with Gasteiger partial charge in [-0.25, -0.2) is 0 Å². The molecule has 0 heterocycles. The van der Waals surface area contributed by atoms with E-state index in [1.54, 1.807) is 14.2 Å². The van der Waals surface area contributed by atoms with Crippen LogP contribution in [0.1, 0.15) is 36.1 Å². The summed E-state index contributed by atoms with van der Waals surface area (Å²) in [5.74, 6) is 1.28. The van der Waals surface area contributed by atoms with Gasteiger partial charge in [0.1, 0.15) is 0 Å². The largest absolute Gasteiger partial charge is 0.493 e. The number of methoxy groups -OCH3 is 2. The number of hydrogen-bond acceptors (Lipinski definition) is 4. The number of aliphatic hydroxyl groups is 1. The number of ether oxygens (including phenoxy) is 2. The number of aliphatic hydroxyl groups excluding tert-OH is 1. The fourth-order valence-corrected chi connectivity index (χ4v) is 2.97. The van der Waals surface area contributed by atoms with Gasteiger partial charge in [0.15, 0.2) is 11.5 Å². The third-order valence-electron chi connectivity index (χ3n) is 4.62. The molecule has 0 saturated carbocycles. The summed E-state index contributed by atoms with van der Waals surface area (Å²) in [6, 6.07) is 10.5. The molecular weight excluding hydrogens is 371 g/mol. The zero-order valence-electron chi connectivity index (χ0n) is 16.2. The molecule has 154 valence electrons. The van der Waals surface area contributed by atoms with Crippen LogP contribution in [0.15, 0.2) is 42.5 Å². The molecule has 7 heteroatoms. The third kappa shape index (κ3) is 5.87. The van der Waals surface area contributed by atoms with Gasteiger partial charge in [-0.05, 0) is 48.2 Å². The first-order chi connectivity index (χ1) is 13.3. The minimum atomic E-state index is -4.43. The minimum absolute atomic E-state index is 0.0542. The normalized spacial score (nSPS) is 13.8. The summed E-state index contributed by atoms with van der Waals surface area (Å²) in [7, 11) is 3.14. The number of hydrogen-bond donors (Lipinski definition) is 2. The van der Waals surface area contributed by atoms with Crippen molar-refractivity contribution in [3.05, 3.63) is 59.2 Å². The monoisotopic (exact) mass is 397 g/mol. The van der Waals surface area contributed by atoms with Gasteiger partial charge >= 0.3 is 6.18 Å². The van der Waals surface area contributed by atoms with E-state index in [0.717, 1.165) is 24.1 Å². The van der Waals surface area contributed by atoms with E-state index in [1.165, 1.54) is 12.1 Å². The second-order valence-corrected chi connectivity index (χ2v) is 6.55. The van der Waals surface area contributed by atoms with Gasteiger partial charge in [-0.15, -0.1) is 0 Å². The van der Waals surface area contributed by atoms with Crippen molar-refractivity contribution in [2.24, 2.45) is 0 Å². The molecule has 2 rings (SSSR count). The van der Waals surface area contributed by atoms with Crippen LogP contribution >= 0.6 is 0 Å². The Hall–Kier alpha value is -2.25. The first-order valence-electron chi connectivity index (χ1n) is 9.08. The van der Waals surface area contributed by atoms with Crippen molar-refractivity contribution in [1.82, 2.24) is 5.32 Å². The minimum Gasteiger partial charge on any atom is -0.493 e. The summed E-state index contributed by atoms with van der Waals surface area (Å²) in [4.78, 5) is 0. The molecule has 2 N–H and O–H groups in total. The lowest BCUT2D eigenvalue weighted by molar-refractivity contribution is -0.137. The van der Waals surface area contributed by atoms with Crippen molar-refractivity contribution in [3.63, 3.8) is 0 Å². The summed E-state index contributed by atoms with van der Waals surface area (Å²) in [5, 5.41) is 13.5. The molecule has 0 fully saturated rings. The van der Waals surface area contributed by atoms with E-state index in [-0.39, 0.29) is 18.2 Å². The van der Waals surface area contributed by atoms with Crippen molar-refractivity contribution >= 4 is 0 Å². The van der Waals surface area contributed by atoms with Gasteiger partial charge < -0.3 is 19.9 Å². The highest BCUT2D eigenvalue weighted by Gasteiger charge is 2.30. The Morgan fingerprint density at radius 2 is 1.75 bits per heavy atom. The van der Waals surface area contributed by atoms with E-state index in [1.807, 2.05) is 25.1 Å². The fraction of sp³-hybridized carbons (Fsp3) is 0.429. The molecule has 0 saturated heterocycles. The molecule has 1 unspecified atom stereocenters. The van der Waals surface area contributed by atoms with Crippen LogP contribution in [0.2, 0.25) is 0 Å². The summed E-state index contributed by atoms with van der Waals surface area (Å²) in [6.45, 7) is 2.17. The van der Waals surface area contributed by atoms with Gasteiger partial charge in [0.05, 0.1) is 25.9 Å². The van der Waals surface area contributed by atoms with Crippen molar-refractivity contribution in [3.8, 4) is 11.5 Å². The van der Waals surface area contributed by atoms with E-state index in [2.05, 4.69) is 5.32 Å². The van der Waals surface area contributed by atoms with Crippen LogP contribution in [0.5, 0.6) is 11.5 Å². The number of benzene rings is 2. The van der Waals surface area contributed by atoms with Crippen LogP contribution in [0.4, 0.5) is 13.2 Å². The lowest BCUT2D eigenvalue weighted by atomic mass is 10.0. The zero-order valence-corrected chi connectivity index (χ0v) is 16.2. The first-order valence-corrected chi connectivity index (χ1v) is 9.08. The van der Waals surface area contributed by atoms with Crippen LogP contribution in [0, 0.1) is 0 Å². The molecule has 0 aliphatic heterocycles. The van der Waals surface area contributed by atoms with Gasteiger partial charge in [-0.3, -0.25) is 0 Å². The van der Waals surface area contributed by atoms with E-state index < -0.39 is 17.8 Å². The van der Waals surface area contributed by atoms with Gasteiger partial charge in [0, 0.05) is 12.6 Å². The molecule has 4 nitrogen and oxygen atoms in total. The van der Waals surface area contributed by atoms with Gasteiger partial charge in [-0.2, -0.15) is 13.2 Å². The van der Waals surface area contributed by atoms with Crippen LogP contribution in [-0.4, -0.2) is 31.9 Å². The van der Waals surface area contributed by atoms with E-state index >= 15 is 0 Å². The summed E-state index contributed by atoms with van der Waals surface area (Å²) in [5.41, 5.74) is 0.510. The maximum absolute atomic E-state index is 12.8. The average Bonchev–Trinajstić information content (AvgIpc) is 2.70. The lowest BCUT2D eigenvalue weighted by Gasteiger charge is -2.21. The van der Waals surface area contributed by atoms with Crippen LogP contribution in [-0.2, 0) is 12.6 Å². The number of halogens is 3. The van der Waals surface area contributed by atoms with Crippen molar-refractivity contribution in [1.29, 1.82) is 0 Å². The molecule has 0 radical (unpaired) electrons. The van der Waals surface area contributed by atoms with Gasteiger partial charge in [-0.1, -0.05) is 25.1 Å². The van der Waals surface area contributed by atoms with E-state index in [4.69, 9.17) is 9.47 Å². The van der Waals surface area contributed by atoms with Crippen LogP contribution < -0.4 is 14.8 Å². The van der Waals surface area contributed by atoms with E-state index in [9.17, 15) is 18.3 Å². The van der Waals surface area contributed by atoms with Crippen molar-refractivity contribution in [2.75, 3.05) is 20.8 Å². The summed E-state index contributed by atoms with van der Waals surface area (Å²) in [6.07, 6.45) is -3.97. The highest BCUT2D eigenvalue weighted by molar-refractivity contribution is 5.43. The van der Waals surface area contributed by atoms with Gasteiger partial charge in [0.25, 0.3) is 0 Å². The number of alkyl halides is 3. The topological polar surface area (TPSA) is 50.7 Å². The predicted octanol–water partition coefficient (Wildman–Crippen LogP) is 4.37. The van der Waals surface area contributed by atoms with Crippen molar-refractivity contribution < 1.29 is 27.8 Å². The van der Waals surface area contributed by atoms with E-state index in [0.29, 0.717) is 17.9 Å². The maximum atomic E-state index is 12.8. The molecule has 0 aliphatic carbocycles. The Bertz CT molecular complexity index is 765. The molecule has 0 aliphatic rings. The molecule has 0 aromatic heterocycles. The summed E-state index contributed by atoms with van der Waals surface area (Å²) < 4.78 is 49.1. The maximum Gasteiger partial charge on any atom is 0.416 e. The number of rotatable bonds is 9. The first kappa shape index (κ1) is 22.0. The quantitative estimate of drug-likeness (QED) is 0.660. The summed E-state index contributed by atoms with van der Waals surface area (Å²) >= 11 is 0. The predicted molar refractivity (Wildman–Crippen MR) is 102 cm³/mol. The second-order valence-electron chi connectivity index (χ2n) is 6.55. The molecule has 2 aromatic carbocycles. The molecule has 28 heavy (non-hydrogen) atoms. The SMILES string of the molecule is CCC(Cc1ccc(OC)c(OC)c1)NC[C@H](O)c1cccc(C(F)(F)F)c1. The van der Waals surface area contributed by atoms with Crippen molar-refractivity contribution in [2.45, 2.75) is 38.1 Å². The average molecular weight is 397 g/mol. The highest BCUT2D eigenvalue weighted by atomic mass is 19.4. The zero-order chi connectivity index (χ0) is 20.7. The Balaban J connectivity index is 2.00. The molecule has 0 amide bonds. The highest BCUT2D eigenvalue weighted by Crippen LogP contribution is 2.31. The standard InChI is InChI=1S/C21H26F3NO3/c1-4-17(10-14-8-9-19(27-2)20(11-14)28-3)25-13-18(26)15-6-5-7-16(12-15)21(22,23)24/h5-9,11-12,17-18,25-26H,4,10,13H2,1-3H3/t17?,18-/m0/s1. The van der Waals surface area contributed by atoms with Gasteiger partial charge in [0.2, 0.25) is 0 Å². The third-order valence-corrected chi connectivity index (χ3v) is 4.62. The molecule has 2 aromatic rings. The second kappa shape index (κ2) is 9.80. The molecular formula is C21H26F3NO3. The lowest BCUT2D eigenvalue weighted by Crippen LogP contribution is -2.34.